The lowest BCUT2D eigenvalue weighted by atomic mass is 10.1. The third kappa shape index (κ3) is 5.29. The van der Waals surface area contributed by atoms with Crippen molar-refractivity contribution >= 4 is 22.2 Å². The Morgan fingerprint density at radius 2 is 2.09 bits per heavy atom. The molecule has 0 aliphatic rings. The first kappa shape index (κ1) is 23.1. The van der Waals surface area contributed by atoms with Crippen LogP contribution in [0.3, 0.4) is 0 Å². The van der Waals surface area contributed by atoms with Crippen molar-refractivity contribution in [1.82, 2.24) is 30.1 Å². The lowest BCUT2D eigenvalue weighted by Gasteiger charge is -2.29. The van der Waals surface area contributed by atoms with E-state index >= 15 is 0 Å². The minimum atomic E-state index is -0.0994. The van der Waals surface area contributed by atoms with Crippen LogP contribution in [0.25, 0.3) is 10.9 Å². The highest BCUT2D eigenvalue weighted by Gasteiger charge is 2.26. The molecule has 1 N–H and O–H groups in total. The molecule has 0 fully saturated rings. The molecule has 9 nitrogen and oxygen atoms in total. The molecule has 1 aromatic carbocycles. The molecule has 0 aliphatic heterocycles. The van der Waals surface area contributed by atoms with E-state index in [4.69, 9.17) is 9.47 Å². The monoisotopic (exact) mass is 468 g/mol. The zero-order valence-corrected chi connectivity index (χ0v) is 19.8. The number of nitrogens with zero attached hydrogens (tertiary/aromatic N) is 5. The van der Waals surface area contributed by atoms with E-state index in [1.165, 1.54) is 4.88 Å². The van der Waals surface area contributed by atoms with Gasteiger partial charge in [0.05, 0.1) is 26.3 Å². The first-order valence-electron chi connectivity index (χ1n) is 10.8. The molecule has 0 amide bonds. The van der Waals surface area contributed by atoms with Gasteiger partial charge in [0.2, 0.25) is 0 Å². The largest absolute Gasteiger partial charge is 0.497 e. The summed E-state index contributed by atoms with van der Waals surface area (Å²) in [6.45, 7) is 4.33. The highest BCUT2D eigenvalue weighted by atomic mass is 32.1. The fourth-order valence-corrected chi connectivity index (χ4v) is 4.69. The Bertz CT molecular complexity index is 1240. The number of hydrogen-bond donors (Lipinski definition) is 1. The average Bonchev–Trinajstić information content (AvgIpc) is 3.50. The fraction of sp³-hybridized carbons (Fsp3) is 0.391. The normalized spacial score (nSPS) is 12.5. The van der Waals surface area contributed by atoms with Crippen LogP contribution >= 0.6 is 11.3 Å². The molecule has 3 aromatic heterocycles. The summed E-state index contributed by atoms with van der Waals surface area (Å²) in [7, 11) is 3.29. The lowest BCUT2D eigenvalue weighted by molar-refractivity contribution is 0.152. The molecule has 0 radical (unpaired) electrons. The zero-order chi connectivity index (χ0) is 23.2. The third-order valence-corrected chi connectivity index (χ3v) is 6.49. The van der Waals surface area contributed by atoms with E-state index in [0.717, 1.165) is 28.9 Å². The van der Waals surface area contributed by atoms with Crippen LogP contribution in [0.5, 0.6) is 5.75 Å². The number of thiophene rings is 1. The molecule has 0 saturated heterocycles. The van der Waals surface area contributed by atoms with Gasteiger partial charge in [-0.05, 0) is 52.6 Å². The predicted octanol–water partition coefficient (Wildman–Crippen LogP) is 3.38. The topological polar surface area (TPSA) is 98.2 Å². The van der Waals surface area contributed by atoms with Crippen molar-refractivity contribution in [2.24, 2.45) is 0 Å². The zero-order valence-electron chi connectivity index (χ0n) is 19.0. The highest BCUT2D eigenvalue weighted by molar-refractivity contribution is 7.09. The molecule has 1 atom stereocenters. The summed E-state index contributed by atoms with van der Waals surface area (Å²) >= 11 is 1.69. The quantitative estimate of drug-likeness (QED) is 0.360. The highest BCUT2D eigenvalue weighted by Crippen LogP contribution is 2.28. The number of aromatic amines is 1. The van der Waals surface area contributed by atoms with Gasteiger partial charge < -0.3 is 14.5 Å². The third-order valence-electron chi connectivity index (χ3n) is 5.63. The van der Waals surface area contributed by atoms with Gasteiger partial charge in [-0.2, -0.15) is 0 Å². The van der Waals surface area contributed by atoms with Gasteiger partial charge >= 0.3 is 0 Å². The number of fused-ring (bicyclic) bond motifs is 1. The van der Waals surface area contributed by atoms with Crippen molar-refractivity contribution in [2.45, 2.75) is 39.0 Å². The summed E-state index contributed by atoms with van der Waals surface area (Å²) < 4.78 is 12.4. The van der Waals surface area contributed by atoms with Gasteiger partial charge in [0, 0.05) is 41.5 Å². The number of ether oxygens (including phenoxy) is 2. The van der Waals surface area contributed by atoms with Crippen molar-refractivity contribution in [2.75, 3.05) is 20.8 Å². The van der Waals surface area contributed by atoms with E-state index in [1.807, 2.05) is 30.3 Å². The maximum Gasteiger partial charge on any atom is 0.252 e. The molecule has 33 heavy (non-hydrogen) atoms. The molecule has 0 aliphatic carbocycles. The molecular formula is C23H28N6O3S. The number of rotatable bonds is 11. The van der Waals surface area contributed by atoms with Gasteiger partial charge in [-0.1, -0.05) is 13.0 Å². The van der Waals surface area contributed by atoms with Crippen molar-refractivity contribution in [3.8, 4) is 5.75 Å². The molecule has 3 heterocycles. The van der Waals surface area contributed by atoms with Crippen LogP contribution in [0.15, 0.2) is 46.6 Å². The Hall–Kier alpha value is -3.08. The maximum atomic E-state index is 13.0. The Labute approximate surface area is 196 Å². The van der Waals surface area contributed by atoms with Gasteiger partial charge in [-0.3, -0.25) is 9.69 Å². The van der Waals surface area contributed by atoms with Crippen molar-refractivity contribution < 1.29 is 9.47 Å². The minimum absolute atomic E-state index is 0.0700. The fourth-order valence-electron chi connectivity index (χ4n) is 3.96. The average molecular weight is 469 g/mol. The Balaban J connectivity index is 1.71. The van der Waals surface area contributed by atoms with E-state index in [1.54, 1.807) is 30.2 Å². The number of benzene rings is 1. The summed E-state index contributed by atoms with van der Waals surface area (Å²) in [4.78, 5) is 19.4. The SMILES string of the molecule is CC[C@@H](c1nnnn1CCOC)N(Cc1cccs1)Cc1cc2cc(OC)ccc2[nH]c1=O. The molecule has 0 bridgehead atoms. The molecule has 10 heteroatoms. The van der Waals surface area contributed by atoms with Gasteiger partial charge in [-0.15, -0.1) is 16.4 Å². The molecule has 4 aromatic rings. The summed E-state index contributed by atoms with van der Waals surface area (Å²) in [5.74, 6) is 1.52. The number of methoxy groups -OCH3 is 2. The smallest absolute Gasteiger partial charge is 0.252 e. The second kappa shape index (κ2) is 10.7. The predicted molar refractivity (Wildman–Crippen MR) is 127 cm³/mol. The van der Waals surface area contributed by atoms with Crippen LogP contribution in [0.4, 0.5) is 0 Å². The summed E-state index contributed by atoms with van der Waals surface area (Å²) in [5, 5.41) is 15.4. The minimum Gasteiger partial charge on any atom is -0.497 e. The van der Waals surface area contributed by atoms with Gasteiger partial charge in [0.25, 0.3) is 5.56 Å². The summed E-state index contributed by atoms with van der Waals surface area (Å²) in [6.07, 6.45) is 0.790. The molecule has 4 rings (SSSR count). The Morgan fingerprint density at radius 3 is 2.82 bits per heavy atom. The number of tetrazole rings is 1. The van der Waals surface area contributed by atoms with Gasteiger partial charge in [-0.25, -0.2) is 4.68 Å². The van der Waals surface area contributed by atoms with E-state index < -0.39 is 0 Å². The first-order valence-corrected chi connectivity index (χ1v) is 11.7. The first-order chi connectivity index (χ1) is 16.1. The second-order valence-electron chi connectivity index (χ2n) is 7.74. The van der Waals surface area contributed by atoms with Crippen LogP contribution in [-0.4, -0.2) is 50.9 Å². The van der Waals surface area contributed by atoms with E-state index in [-0.39, 0.29) is 11.6 Å². The molecule has 174 valence electrons. The Kier molecular flexibility index (Phi) is 7.48. The van der Waals surface area contributed by atoms with Crippen LogP contribution in [0.1, 0.15) is 35.7 Å². The van der Waals surface area contributed by atoms with Crippen molar-refractivity contribution in [3.05, 3.63) is 68.4 Å². The molecular weight excluding hydrogens is 440 g/mol. The van der Waals surface area contributed by atoms with E-state index in [0.29, 0.717) is 31.8 Å². The molecule has 0 unspecified atom stereocenters. The standard InChI is InChI=1S/C23H28N6O3S/c1-4-21(22-25-26-27-29(22)9-10-31-2)28(15-19-6-5-11-33-19)14-17-12-16-13-18(32-3)7-8-20(16)24-23(17)30/h5-8,11-13,21H,4,9-10,14-15H2,1-3H3,(H,24,30)/t21-/m0/s1. The summed E-state index contributed by atoms with van der Waals surface area (Å²) in [6, 6.07) is 11.7. The number of hydrogen-bond acceptors (Lipinski definition) is 8. The van der Waals surface area contributed by atoms with E-state index in [9.17, 15) is 4.79 Å². The van der Waals surface area contributed by atoms with Crippen LogP contribution in [0.2, 0.25) is 0 Å². The van der Waals surface area contributed by atoms with Crippen molar-refractivity contribution in [1.29, 1.82) is 0 Å². The maximum absolute atomic E-state index is 13.0. The molecule has 0 saturated carbocycles. The lowest BCUT2D eigenvalue weighted by Crippen LogP contribution is -2.32. The number of nitrogens with one attached hydrogen (secondary N) is 1. The molecule has 0 spiro atoms. The number of H-pyrrole nitrogens is 1. The van der Waals surface area contributed by atoms with Crippen LogP contribution in [0, 0.1) is 0 Å². The number of aromatic nitrogens is 5. The Morgan fingerprint density at radius 1 is 1.21 bits per heavy atom. The van der Waals surface area contributed by atoms with E-state index in [2.05, 4.69) is 43.8 Å². The second-order valence-corrected chi connectivity index (χ2v) is 8.77. The summed E-state index contributed by atoms with van der Waals surface area (Å²) in [5.41, 5.74) is 1.37. The van der Waals surface area contributed by atoms with Gasteiger partial charge in [0.1, 0.15) is 5.75 Å². The van der Waals surface area contributed by atoms with Crippen LogP contribution in [-0.2, 0) is 24.4 Å². The van der Waals surface area contributed by atoms with Crippen molar-refractivity contribution in [3.63, 3.8) is 0 Å². The number of pyridine rings is 1. The van der Waals surface area contributed by atoms with Gasteiger partial charge in [0.15, 0.2) is 5.82 Å². The van der Waals surface area contributed by atoms with Crippen LogP contribution < -0.4 is 10.3 Å².